The minimum Gasteiger partial charge on any atom is -0.337 e. The normalized spacial score (nSPS) is 15.7. The molecule has 2 aromatic carbocycles. The van der Waals surface area contributed by atoms with Gasteiger partial charge in [0.2, 0.25) is 11.7 Å². The van der Waals surface area contributed by atoms with Crippen molar-refractivity contribution < 1.29 is 9.32 Å². The van der Waals surface area contributed by atoms with E-state index in [0.29, 0.717) is 35.9 Å². The predicted octanol–water partition coefficient (Wildman–Crippen LogP) is 3.13. The number of benzene rings is 2. The average molecular weight is 387 g/mol. The first-order chi connectivity index (χ1) is 14.2. The monoisotopic (exact) mass is 387 g/mol. The Hall–Kier alpha value is -3.50. The first-order valence-electron chi connectivity index (χ1n) is 9.58. The van der Waals surface area contributed by atoms with Gasteiger partial charge in [-0.1, -0.05) is 35.5 Å². The number of amides is 1. The molecule has 0 radical (unpaired) electrons. The maximum atomic E-state index is 12.7. The summed E-state index contributed by atoms with van der Waals surface area (Å²) >= 11 is 0. The Morgan fingerprint density at radius 3 is 2.41 bits per heavy atom. The maximum absolute atomic E-state index is 12.7. The van der Waals surface area contributed by atoms with Crippen LogP contribution < -0.4 is 0 Å². The molecule has 0 spiro atoms. The lowest BCUT2D eigenvalue weighted by Gasteiger charge is -2.36. The molecule has 146 valence electrons. The first kappa shape index (κ1) is 18.8. The highest BCUT2D eigenvalue weighted by Gasteiger charge is 2.28. The SMILES string of the molecule is CC(c1nc(-c2ccccc2)no1)N1CCN(C(=O)c2ccc(C#N)cc2)CC1. The molecule has 0 aliphatic carbocycles. The Labute approximate surface area is 169 Å². The molecule has 2 heterocycles. The van der Waals surface area contributed by atoms with Crippen molar-refractivity contribution in [2.45, 2.75) is 13.0 Å². The van der Waals surface area contributed by atoms with Crippen molar-refractivity contribution >= 4 is 5.91 Å². The maximum Gasteiger partial charge on any atom is 0.253 e. The van der Waals surface area contributed by atoms with Crippen LogP contribution >= 0.6 is 0 Å². The zero-order valence-electron chi connectivity index (χ0n) is 16.2. The van der Waals surface area contributed by atoms with E-state index in [2.05, 4.69) is 21.1 Å². The number of carbonyl (C=O) groups excluding carboxylic acids is 1. The first-order valence-corrected chi connectivity index (χ1v) is 9.58. The van der Waals surface area contributed by atoms with Crippen molar-refractivity contribution in [1.82, 2.24) is 19.9 Å². The molecule has 7 heteroatoms. The number of hydrogen-bond acceptors (Lipinski definition) is 6. The van der Waals surface area contributed by atoms with Crippen LogP contribution in [0.4, 0.5) is 0 Å². The summed E-state index contributed by atoms with van der Waals surface area (Å²) in [6.07, 6.45) is 0. The average Bonchev–Trinajstić information content (AvgIpc) is 3.29. The molecular formula is C22H21N5O2. The largest absolute Gasteiger partial charge is 0.337 e. The molecule has 4 rings (SSSR count). The van der Waals surface area contributed by atoms with Gasteiger partial charge >= 0.3 is 0 Å². The van der Waals surface area contributed by atoms with E-state index in [9.17, 15) is 4.79 Å². The van der Waals surface area contributed by atoms with Crippen LogP contribution in [-0.2, 0) is 0 Å². The molecule has 1 atom stereocenters. The topological polar surface area (TPSA) is 86.3 Å². The van der Waals surface area contributed by atoms with Crippen molar-refractivity contribution in [3.8, 4) is 17.5 Å². The van der Waals surface area contributed by atoms with Gasteiger partial charge in [0.25, 0.3) is 5.91 Å². The van der Waals surface area contributed by atoms with E-state index >= 15 is 0 Å². The number of carbonyl (C=O) groups is 1. The molecule has 1 aromatic heterocycles. The van der Waals surface area contributed by atoms with Crippen LogP contribution in [0.25, 0.3) is 11.4 Å². The summed E-state index contributed by atoms with van der Waals surface area (Å²) in [6.45, 7) is 4.75. The predicted molar refractivity (Wildman–Crippen MR) is 107 cm³/mol. The van der Waals surface area contributed by atoms with Gasteiger partial charge in [-0.25, -0.2) is 0 Å². The lowest BCUT2D eigenvalue weighted by atomic mass is 10.1. The number of rotatable bonds is 4. The minimum atomic E-state index is -0.0212. The van der Waals surface area contributed by atoms with Crippen LogP contribution in [0.1, 0.15) is 34.8 Å². The van der Waals surface area contributed by atoms with E-state index < -0.39 is 0 Å². The van der Waals surface area contributed by atoms with Gasteiger partial charge in [0.1, 0.15) is 0 Å². The Morgan fingerprint density at radius 1 is 1.07 bits per heavy atom. The van der Waals surface area contributed by atoms with Crippen molar-refractivity contribution in [3.63, 3.8) is 0 Å². The summed E-state index contributed by atoms with van der Waals surface area (Å²) in [5.41, 5.74) is 2.08. The molecule has 1 aliphatic heterocycles. The van der Waals surface area contributed by atoms with Crippen LogP contribution in [0.3, 0.4) is 0 Å². The Kier molecular flexibility index (Phi) is 5.36. The Balaban J connectivity index is 1.37. The summed E-state index contributed by atoms with van der Waals surface area (Å²) in [5.74, 6) is 1.16. The molecule has 0 N–H and O–H groups in total. The van der Waals surface area contributed by atoms with Crippen LogP contribution in [-0.4, -0.2) is 52.0 Å². The molecule has 1 saturated heterocycles. The van der Waals surface area contributed by atoms with E-state index in [1.54, 1.807) is 24.3 Å². The van der Waals surface area contributed by atoms with E-state index in [1.807, 2.05) is 42.2 Å². The number of nitriles is 1. The molecular weight excluding hydrogens is 366 g/mol. The second-order valence-corrected chi connectivity index (χ2v) is 7.02. The van der Waals surface area contributed by atoms with Gasteiger partial charge < -0.3 is 9.42 Å². The number of aromatic nitrogens is 2. The zero-order chi connectivity index (χ0) is 20.2. The minimum absolute atomic E-state index is 0.00838. The fourth-order valence-electron chi connectivity index (χ4n) is 3.45. The van der Waals surface area contributed by atoms with Crippen LogP contribution in [0.5, 0.6) is 0 Å². The molecule has 1 aliphatic rings. The quantitative estimate of drug-likeness (QED) is 0.684. The smallest absolute Gasteiger partial charge is 0.253 e. The molecule has 7 nitrogen and oxygen atoms in total. The molecule has 1 fully saturated rings. The van der Waals surface area contributed by atoms with Crippen molar-refractivity contribution in [2.75, 3.05) is 26.2 Å². The van der Waals surface area contributed by atoms with Crippen molar-refractivity contribution in [2.24, 2.45) is 0 Å². The lowest BCUT2D eigenvalue weighted by molar-refractivity contribution is 0.0551. The van der Waals surface area contributed by atoms with E-state index in [1.165, 1.54) is 0 Å². The van der Waals surface area contributed by atoms with E-state index in [4.69, 9.17) is 9.78 Å². The molecule has 0 saturated carbocycles. The molecule has 1 amide bonds. The van der Waals surface area contributed by atoms with Gasteiger partial charge in [-0.3, -0.25) is 9.69 Å². The highest BCUT2D eigenvalue weighted by molar-refractivity contribution is 5.94. The van der Waals surface area contributed by atoms with Crippen LogP contribution in [0, 0.1) is 11.3 Å². The molecule has 1 unspecified atom stereocenters. The second kappa shape index (κ2) is 8.25. The standard InChI is InChI=1S/C22H21N5O2/c1-16(21-24-20(25-29-21)18-5-3-2-4-6-18)26-11-13-27(14-12-26)22(28)19-9-7-17(15-23)8-10-19/h2-10,16H,11-14H2,1H3. The third-order valence-electron chi connectivity index (χ3n) is 5.24. The second-order valence-electron chi connectivity index (χ2n) is 7.02. The Bertz CT molecular complexity index is 1020. The summed E-state index contributed by atoms with van der Waals surface area (Å²) in [4.78, 5) is 21.3. The van der Waals surface area contributed by atoms with Crippen LogP contribution in [0.2, 0.25) is 0 Å². The fraction of sp³-hybridized carbons (Fsp3) is 0.273. The number of piperazine rings is 1. The number of hydrogen-bond donors (Lipinski definition) is 0. The van der Waals surface area contributed by atoms with E-state index in [-0.39, 0.29) is 11.9 Å². The summed E-state index contributed by atoms with van der Waals surface area (Å²) in [7, 11) is 0. The molecule has 3 aromatic rings. The van der Waals surface area contributed by atoms with Gasteiger partial charge in [0.05, 0.1) is 17.7 Å². The van der Waals surface area contributed by atoms with Gasteiger partial charge in [0, 0.05) is 37.3 Å². The van der Waals surface area contributed by atoms with Gasteiger partial charge in [-0.2, -0.15) is 10.2 Å². The third-order valence-corrected chi connectivity index (χ3v) is 5.24. The Morgan fingerprint density at radius 2 is 1.76 bits per heavy atom. The molecule has 0 bridgehead atoms. The van der Waals surface area contributed by atoms with E-state index in [0.717, 1.165) is 18.7 Å². The van der Waals surface area contributed by atoms with Crippen molar-refractivity contribution in [1.29, 1.82) is 5.26 Å². The van der Waals surface area contributed by atoms with Gasteiger partial charge in [-0.05, 0) is 31.2 Å². The highest BCUT2D eigenvalue weighted by Crippen LogP contribution is 2.23. The summed E-state index contributed by atoms with van der Waals surface area (Å²) in [5, 5.41) is 13.0. The summed E-state index contributed by atoms with van der Waals surface area (Å²) in [6, 6.07) is 18.5. The molecule has 29 heavy (non-hydrogen) atoms. The summed E-state index contributed by atoms with van der Waals surface area (Å²) < 4.78 is 5.49. The van der Waals surface area contributed by atoms with Crippen molar-refractivity contribution in [3.05, 3.63) is 71.6 Å². The fourth-order valence-corrected chi connectivity index (χ4v) is 3.45. The lowest BCUT2D eigenvalue weighted by Crippen LogP contribution is -2.49. The number of nitrogens with zero attached hydrogens (tertiary/aromatic N) is 5. The van der Waals surface area contributed by atoms with Gasteiger partial charge in [-0.15, -0.1) is 0 Å². The highest BCUT2D eigenvalue weighted by atomic mass is 16.5. The zero-order valence-corrected chi connectivity index (χ0v) is 16.2. The van der Waals surface area contributed by atoms with Gasteiger partial charge in [0.15, 0.2) is 0 Å². The van der Waals surface area contributed by atoms with Crippen LogP contribution in [0.15, 0.2) is 59.1 Å². The third kappa shape index (κ3) is 4.03.